The first-order valence-electron chi connectivity index (χ1n) is 17.7. The Kier molecular flexibility index (Phi) is 20.3. The number of benzene rings is 2. The van der Waals surface area contributed by atoms with Gasteiger partial charge in [0.2, 0.25) is 0 Å². The Morgan fingerprint density at radius 3 is 1.04 bits per heavy atom. The molecule has 0 heterocycles. The van der Waals surface area contributed by atoms with Gasteiger partial charge < -0.3 is 9.13 Å². The Morgan fingerprint density at radius 1 is 0.588 bits per heavy atom. The van der Waals surface area contributed by atoms with Gasteiger partial charge in [0.05, 0.1) is 0 Å². The van der Waals surface area contributed by atoms with Gasteiger partial charge in [0.15, 0.2) is 0 Å². The topological polar surface area (TPSA) is 6.48 Å². The van der Waals surface area contributed by atoms with Crippen LogP contribution in [0.15, 0.2) is 84.9 Å². The predicted molar refractivity (Wildman–Crippen MR) is 213 cm³/mol. The van der Waals surface area contributed by atoms with E-state index in [0.717, 1.165) is 0 Å². The Hall–Kier alpha value is -2.39. The fourth-order valence-corrected chi connectivity index (χ4v) is 13.1. The molecule has 0 aliphatic heterocycles. The third-order valence-electron chi connectivity index (χ3n) is 11.4. The molecular weight excluding hydrogens is 713 g/mol. The first-order chi connectivity index (χ1) is 23.1. The van der Waals surface area contributed by atoms with Gasteiger partial charge in [0, 0.05) is 23.3 Å². The van der Waals surface area contributed by atoms with Crippen LogP contribution in [0.25, 0.3) is 0 Å². The first-order valence-corrected chi connectivity index (χ1v) is 23.6. The van der Waals surface area contributed by atoms with Crippen LogP contribution in [0.4, 0.5) is 28.9 Å². The minimum atomic E-state index is -1.96. The van der Waals surface area contributed by atoms with Crippen LogP contribution in [0.1, 0.15) is 69.2 Å². The van der Waals surface area contributed by atoms with E-state index in [-0.39, 0.29) is 31.8 Å². The first kappa shape index (κ1) is 48.6. The Bertz CT molecular complexity index is 1350. The minimum absolute atomic E-state index is 0. The van der Waals surface area contributed by atoms with Crippen LogP contribution >= 0.6 is 0 Å². The van der Waals surface area contributed by atoms with Crippen molar-refractivity contribution in [2.45, 2.75) is 106 Å². The second-order valence-corrected chi connectivity index (χ2v) is 25.2. The molecule has 51 heavy (non-hydrogen) atoms. The summed E-state index contributed by atoms with van der Waals surface area (Å²) in [6.45, 7) is 32.3. The predicted octanol–water partition coefficient (Wildman–Crippen LogP) is 13.3. The van der Waals surface area contributed by atoms with Crippen molar-refractivity contribution in [1.82, 2.24) is 0 Å². The van der Waals surface area contributed by atoms with E-state index < -0.39 is 39.7 Å². The number of rotatable bonds is 10. The van der Waals surface area contributed by atoms with E-state index in [2.05, 4.69) is 103 Å². The third-order valence-corrected chi connectivity index (χ3v) is 22.7. The van der Waals surface area contributed by atoms with E-state index in [0.29, 0.717) is 36.3 Å². The Morgan fingerprint density at radius 2 is 0.863 bits per heavy atom. The van der Waals surface area contributed by atoms with Crippen molar-refractivity contribution in [3.8, 4) is 0 Å². The van der Waals surface area contributed by atoms with Crippen molar-refractivity contribution in [2.75, 3.05) is 22.2 Å². The molecule has 0 unspecified atom stereocenters. The van der Waals surface area contributed by atoms with Crippen molar-refractivity contribution in [3.63, 3.8) is 0 Å². The van der Waals surface area contributed by atoms with Gasteiger partial charge >= 0.3 is 21.7 Å². The molecule has 0 atom stereocenters. The average Bonchev–Trinajstić information content (AvgIpc) is 3.80. The maximum atomic E-state index is 14.1. The molecule has 4 aromatic rings. The summed E-state index contributed by atoms with van der Waals surface area (Å²) in [7, 11) is -3.92. The monoisotopic (exact) mass is 774 g/mol. The van der Waals surface area contributed by atoms with Crippen molar-refractivity contribution >= 4 is 27.8 Å². The molecule has 0 aliphatic rings. The summed E-state index contributed by atoms with van der Waals surface area (Å²) in [5.74, 6) is -1.50. The second kappa shape index (κ2) is 21.3. The molecule has 0 amide bonds. The molecule has 4 aromatic carbocycles. The number of anilines is 2. The molecule has 0 fully saturated rings. The van der Waals surface area contributed by atoms with Gasteiger partial charge in [-0.15, -0.1) is 36.4 Å². The molecule has 280 valence electrons. The van der Waals surface area contributed by atoms with E-state index in [4.69, 9.17) is 0 Å². The van der Waals surface area contributed by atoms with Crippen LogP contribution in [-0.2, 0) is 21.7 Å². The fraction of sp³-hybridized carbons (Fsp3) is 0.476. The van der Waals surface area contributed by atoms with Gasteiger partial charge in [-0.2, -0.15) is 36.4 Å². The molecule has 0 radical (unpaired) electrons. The smallest absolute Gasteiger partial charge is 0.449 e. The van der Waals surface area contributed by atoms with Crippen LogP contribution in [0.3, 0.4) is 0 Å². The Labute approximate surface area is 325 Å². The molecule has 0 aliphatic carbocycles. The molecule has 0 aromatic heterocycles. The summed E-state index contributed by atoms with van der Waals surface area (Å²) < 4.78 is 58.6. The number of halogens is 4. The van der Waals surface area contributed by atoms with Crippen molar-refractivity contribution in [1.29, 1.82) is 0 Å². The zero-order chi connectivity index (χ0) is 38.5. The molecule has 2 nitrogen and oxygen atoms in total. The van der Waals surface area contributed by atoms with Crippen molar-refractivity contribution in [2.24, 2.45) is 11.8 Å². The van der Waals surface area contributed by atoms with Gasteiger partial charge in [-0.1, -0.05) is 81.6 Å². The van der Waals surface area contributed by atoms with E-state index >= 15 is 0 Å². The molecular formula is C42H62F4N2Si2Ti. The van der Waals surface area contributed by atoms with Crippen LogP contribution in [0.5, 0.6) is 0 Å². The average molecular weight is 775 g/mol. The SMILES string of the molecule is CCN(c1ccc(F)[c-]c1F)[Si](C)(C)C(C)(C)C(C)C.CCN(c1ccc(F)[c-]c1F)[Si](C)(C)C(C)(C)C(C)C.[Ti+4].c1cc[cH-]c1.c1cc[cH-]c1. The van der Waals surface area contributed by atoms with Gasteiger partial charge in [0.1, 0.15) is 16.5 Å². The number of hydrogen-bond acceptors (Lipinski definition) is 2. The van der Waals surface area contributed by atoms with Crippen molar-refractivity contribution in [3.05, 3.63) is 120 Å². The standard InChI is InChI=1S/2C16H26F2NSi.2C5H5.Ti/c2*1-8-19(15-10-9-13(17)11-14(15)18)20(6,7)16(4,5)12(2)3;2*1-2-4-5-3-1;/h2*9-10,12H,8H2,1-7H3;2*1-5H;/q4*-1;+4. The molecule has 4 rings (SSSR count). The molecule has 9 heteroatoms. The van der Waals surface area contributed by atoms with Crippen LogP contribution in [-0.4, -0.2) is 29.6 Å². The van der Waals surface area contributed by atoms with Crippen LogP contribution in [0, 0.1) is 47.2 Å². The summed E-state index contributed by atoms with van der Waals surface area (Å²) in [5.41, 5.74) is 0.943. The zero-order valence-electron chi connectivity index (χ0n) is 33.6. The van der Waals surface area contributed by atoms with Gasteiger partial charge in [-0.05, 0) is 60.2 Å². The van der Waals surface area contributed by atoms with Gasteiger partial charge in [-0.3, -0.25) is 0 Å². The molecule has 0 saturated heterocycles. The zero-order valence-corrected chi connectivity index (χ0v) is 37.1. The molecule has 0 N–H and O–H groups in total. The summed E-state index contributed by atoms with van der Waals surface area (Å²) in [6, 6.07) is 30.0. The van der Waals surface area contributed by atoms with E-state index in [1.165, 1.54) is 24.3 Å². The molecule has 0 bridgehead atoms. The fourth-order valence-electron chi connectivity index (χ4n) is 5.77. The van der Waals surface area contributed by atoms with Gasteiger partial charge in [-0.25, -0.2) is 41.8 Å². The normalized spacial score (nSPS) is 11.7. The maximum Gasteiger partial charge on any atom is 4.00 e. The van der Waals surface area contributed by atoms with E-state index in [1.54, 1.807) is 0 Å². The third kappa shape index (κ3) is 12.9. The number of nitrogens with zero attached hydrogens (tertiary/aromatic N) is 2. The number of hydrogen-bond donors (Lipinski definition) is 0. The summed E-state index contributed by atoms with van der Waals surface area (Å²) in [5, 5.41) is 0.202. The largest absolute Gasteiger partial charge is 4.00 e. The second-order valence-electron chi connectivity index (χ2n) is 15.3. The molecule has 0 spiro atoms. The Balaban J connectivity index is 0.000000754. The summed E-state index contributed by atoms with van der Waals surface area (Å²) >= 11 is 0. The van der Waals surface area contributed by atoms with Gasteiger partial charge in [0.25, 0.3) is 0 Å². The van der Waals surface area contributed by atoms with Crippen molar-refractivity contribution < 1.29 is 39.3 Å². The van der Waals surface area contributed by atoms with Crippen LogP contribution < -0.4 is 9.13 Å². The van der Waals surface area contributed by atoms with E-state index in [1.807, 2.05) is 74.5 Å². The summed E-state index contributed by atoms with van der Waals surface area (Å²) in [4.78, 5) is 0. The molecule has 0 saturated carbocycles. The quantitative estimate of drug-likeness (QED) is 0.0899. The summed E-state index contributed by atoms with van der Waals surface area (Å²) in [6.07, 6.45) is 0. The van der Waals surface area contributed by atoms with E-state index in [9.17, 15) is 17.6 Å². The van der Waals surface area contributed by atoms with Crippen LogP contribution in [0.2, 0.25) is 36.3 Å². The minimum Gasteiger partial charge on any atom is -0.449 e. The maximum absolute atomic E-state index is 14.1.